The van der Waals surface area contributed by atoms with Crippen molar-refractivity contribution in [1.29, 1.82) is 0 Å². The molecule has 1 aliphatic rings. The molecule has 1 fully saturated rings. The number of ether oxygens (including phenoxy) is 1. The molecule has 16 heavy (non-hydrogen) atoms. The predicted octanol–water partition coefficient (Wildman–Crippen LogP) is 2.90. The smallest absolute Gasteiger partial charge is 0.396 e. The molecule has 1 rings (SSSR count). The third-order valence-electron chi connectivity index (χ3n) is 3.26. The van der Waals surface area contributed by atoms with Gasteiger partial charge >= 0.3 is 6.18 Å². The zero-order valence-corrected chi connectivity index (χ0v) is 9.35. The molecule has 1 saturated carbocycles. The average Bonchev–Trinajstić information content (AvgIpc) is 2.65. The summed E-state index contributed by atoms with van der Waals surface area (Å²) in [6.45, 7) is -0.896. The Balaban J connectivity index is 2.10. The molecule has 0 aromatic rings. The largest absolute Gasteiger partial charge is 0.411 e. The van der Waals surface area contributed by atoms with Gasteiger partial charge in [0.15, 0.2) is 0 Å². The second kappa shape index (κ2) is 5.87. The van der Waals surface area contributed by atoms with Gasteiger partial charge in [-0.2, -0.15) is 13.2 Å². The molecule has 1 aliphatic carbocycles. The SMILES string of the molecule is OCC1(CCCOCC(F)(F)F)CCCC1. The van der Waals surface area contributed by atoms with Crippen LogP contribution in [0.1, 0.15) is 38.5 Å². The van der Waals surface area contributed by atoms with Gasteiger partial charge in [-0.3, -0.25) is 0 Å². The molecule has 0 radical (unpaired) electrons. The first-order chi connectivity index (χ1) is 7.47. The van der Waals surface area contributed by atoms with Crippen molar-refractivity contribution >= 4 is 0 Å². The van der Waals surface area contributed by atoms with E-state index in [1.54, 1.807) is 0 Å². The quantitative estimate of drug-likeness (QED) is 0.723. The van der Waals surface area contributed by atoms with E-state index in [1.165, 1.54) is 0 Å². The van der Waals surface area contributed by atoms with E-state index in [2.05, 4.69) is 4.74 Å². The lowest BCUT2D eigenvalue weighted by Crippen LogP contribution is -2.23. The molecule has 0 bridgehead atoms. The van der Waals surface area contributed by atoms with Gasteiger partial charge in [-0.1, -0.05) is 12.8 Å². The van der Waals surface area contributed by atoms with Crippen LogP contribution >= 0.6 is 0 Å². The molecule has 0 amide bonds. The Morgan fingerprint density at radius 2 is 1.81 bits per heavy atom. The minimum absolute atomic E-state index is 0.0401. The van der Waals surface area contributed by atoms with Crippen LogP contribution < -0.4 is 0 Å². The molecular weight excluding hydrogens is 221 g/mol. The number of halogens is 3. The second-order valence-corrected chi connectivity index (χ2v) is 4.64. The van der Waals surface area contributed by atoms with Crippen LogP contribution in [0.4, 0.5) is 13.2 Å². The molecule has 0 aromatic heterocycles. The Labute approximate surface area is 93.8 Å². The van der Waals surface area contributed by atoms with Crippen molar-refractivity contribution in [2.75, 3.05) is 19.8 Å². The molecule has 0 atom stereocenters. The molecule has 96 valence electrons. The topological polar surface area (TPSA) is 29.5 Å². The minimum Gasteiger partial charge on any atom is -0.396 e. The number of hydrogen-bond acceptors (Lipinski definition) is 2. The fourth-order valence-corrected chi connectivity index (χ4v) is 2.35. The Hall–Kier alpha value is -0.290. The van der Waals surface area contributed by atoms with E-state index >= 15 is 0 Å². The van der Waals surface area contributed by atoms with Gasteiger partial charge in [0.05, 0.1) is 0 Å². The molecular formula is C11H19F3O2. The first-order valence-electron chi connectivity index (χ1n) is 5.73. The zero-order chi connectivity index (χ0) is 12.1. The maximum atomic E-state index is 11.8. The summed E-state index contributed by atoms with van der Waals surface area (Å²) in [5.74, 6) is 0. The average molecular weight is 240 g/mol. The fourth-order valence-electron chi connectivity index (χ4n) is 2.35. The molecule has 2 nitrogen and oxygen atoms in total. The summed E-state index contributed by atoms with van der Waals surface area (Å²) in [5, 5.41) is 9.28. The summed E-state index contributed by atoms with van der Waals surface area (Å²) >= 11 is 0. The van der Waals surface area contributed by atoms with Gasteiger partial charge in [0.2, 0.25) is 0 Å². The molecule has 0 unspecified atom stereocenters. The number of rotatable bonds is 6. The summed E-state index contributed by atoms with van der Waals surface area (Å²) < 4.78 is 39.8. The van der Waals surface area contributed by atoms with Crippen molar-refractivity contribution in [3.05, 3.63) is 0 Å². The van der Waals surface area contributed by atoms with Crippen molar-refractivity contribution in [2.45, 2.75) is 44.7 Å². The van der Waals surface area contributed by atoms with Crippen LogP contribution in [0.25, 0.3) is 0 Å². The Kier molecular flexibility index (Phi) is 5.05. The maximum absolute atomic E-state index is 11.8. The first-order valence-corrected chi connectivity index (χ1v) is 5.73. The number of aliphatic hydroxyl groups excluding tert-OH is 1. The number of hydrogen-bond donors (Lipinski definition) is 1. The summed E-state index contributed by atoms with van der Waals surface area (Å²) in [7, 11) is 0. The van der Waals surface area contributed by atoms with Gasteiger partial charge < -0.3 is 9.84 Å². The van der Waals surface area contributed by atoms with Crippen LogP contribution in [0.3, 0.4) is 0 Å². The summed E-state index contributed by atoms with van der Waals surface area (Å²) in [4.78, 5) is 0. The fraction of sp³-hybridized carbons (Fsp3) is 1.00. The van der Waals surface area contributed by atoms with Crippen LogP contribution in [-0.2, 0) is 4.74 Å². The summed E-state index contributed by atoms with van der Waals surface area (Å²) in [6, 6.07) is 0. The number of alkyl halides is 3. The summed E-state index contributed by atoms with van der Waals surface area (Å²) in [6.07, 6.45) is 1.33. The lowest BCUT2D eigenvalue weighted by atomic mass is 9.82. The van der Waals surface area contributed by atoms with E-state index < -0.39 is 12.8 Å². The van der Waals surface area contributed by atoms with Crippen LogP contribution in [0.15, 0.2) is 0 Å². The predicted molar refractivity (Wildman–Crippen MR) is 54.1 cm³/mol. The van der Waals surface area contributed by atoms with E-state index in [1.807, 2.05) is 0 Å². The van der Waals surface area contributed by atoms with Gasteiger partial charge in [0, 0.05) is 13.2 Å². The lowest BCUT2D eigenvalue weighted by molar-refractivity contribution is -0.174. The Bertz CT molecular complexity index is 198. The van der Waals surface area contributed by atoms with Gasteiger partial charge in [-0.05, 0) is 31.1 Å². The molecule has 0 aliphatic heterocycles. The Morgan fingerprint density at radius 3 is 2.31 bits per heavy atom. The standard InChI is InChI=1S/C11H19F3O2/c12-11(13,14)9-16-7-3-6-10(8-15)4-1-2-5-10/h15H,1-9H2. The van der Waals surface area contributed by atoms with E-state index in [4.69, 9.17) is 0 Å². The highest BCUT2D eigenvalue weighted by Crippen LogP contribution is 2.41. The number of aliphatic hydroxyl groups is 1. The van der Waals surface area contributed by atoms with Crippen LogP contribution in [0.2, 0.25) is 0 Å². The monoisotopic (exact) mass is 240 g/mol. The molecule has 0 aromatic carbocycles. The Morgan fingerprint density at radius 1 is 1.19 bits per heavy atom. The lowest BCUT2D eigenvalue weighted by Gasteiger charge is -2.26. The van der Waals surface area contributed by atoms with Crippen molar-refractivity contribution in [2.24, 2.45) is 5.41 Å². The minimum atomic E-state index is -4.23. The molecule has 5 heteroatoms. The zero-order valence-electron chi connectivity index (χ0n) is 9.35. The van der Waals surface area contributed by atoms with Crippen LogP contribution in [0.5, 0.6) is 0 Å². The first kappa shape index (κ1) is 13.8. The molecule has 0 heterocycles. The highest BCUT2D eigenvalue weighted by Gasteiger charge is 2.32. The summed E-state index contributed by atoms with van der Waals surface area (Å²) in [5.41, 5.74) is -0.0401. The third kappa shape index (κ3) is 4.70. The molecule has 0 spiro atoms. The van der Waals surface area contributed by atoms with E-state index in [0.717, 1.165) is 32.1 Å². The van der Waals surface area contributed by atoms with Crippen LogP contribution in [0, 0.1) is 5.41 Å². The van der Waals surface area contributed by atoms with Gasteiger partial charge in [-0.15, -0.1) is 0 Å². The van der Waals surface area contributed by atoms with Crippen molar-refractivity contribution < 1.29 is 23.0 Å². The normalized spacial score (nSPS) is 20.2. The molecule has 0 saturated heterocycles. The van der Waals surface area contributed by atoms with E-state index in [0.29, 0.717) is 6.42 Å². The van der Waals surface area contributed by atoms with Crippen molar-refractivity contribution in [3.8, 4) is 0 Å². The third-order valence-corrected chi connectivity index (χ3v) is 3.26. The van der Waals surface area contributed by atoms with Gasteiger partial charge in [0.1, 0.15) is 6.61 Å². The molecule has 1 N–H and O–H groups in total. The van der Waals surface area contributed by atoms with Crippen molar-refractivity contribution in [3.63, 3.8) is 0 Å². The second-order valence-electron chi connectivity index (χ2n) is 4.64. The van der Waals surface area contributed by atoms with Crippen molar-refractivity contribution in [1.82, 2.24) is 0 Å². The van der Waals surface area contributed by atoms with E-state index in [9.17, 15) is 18.3 Å². The van der Waals surface area contributed by atoms with Gasteiger partial charge in [0.25, 0.3) is 0 Å². The van der Waals surface area contributed by atoms with Gasteiger partial charge in [-0.25, -0.2) is 0 Å². The van der Waals surface area contributed by atoms with E-state index in [-0.39, 0.29) is 18.6 Å². The highest BCUT2D eigenvalue weighted by atomic mass is 19.4. The maximum Gasteiger partial charge on any atom is 0.411 e. The highest BCUT2D eigenvalue weighted by molar-refractivity contribution is 4.83. The van der Waals surface area contributed by atoms with Crippen LogP contribution in [-0.4, -0.2) is 31.1 Å².